The Bertz CT molecular complexity index is 510. The molecule has 110 valence electrons. The van der Waals surface area contributed by atoms with E-state index in [0.717, 1.165) is 0 Å². The van der Waals surface area contributed by atoms with Gasteiger partial charge in [-0.05, 0) is 24.6 Å². The molecule has 1 aromatic rings. The number of carboxylic acid groups (broad SMARTS) is 1. The van der Waals surface area contributed by atoms with E-state index in [1.54, 1.807) is 0 Å². The molecule has 0 saturated heterocycles. The first-order chi connectivity index (χ1) is 9.05. The zero-order chi connectivity index (χ0) is 15.6. The number of amides is 1. The van der Waals surface area contributed by atoms with E-state index in [4.69, 9.17) is 10.8 Å². The number of halogens is 3. The van der Waals surface area contributed by atoms with E-state index >= 15 is 0 Å². The topological polar surface area (TPSA) is 92.4 Å². The van der Waals surface area contributed by atoms with Crippen molar-refractivity contribution in [2.24, 2.45) is 5.73 Å². The van der Waals surface area contributed by atoms with Crippen molar-refractivity contribution in [1.29, 1.82) is 0 Å². The largest absolute Gasteiger partial charge is 0.478 e. The van der Waals surface area contributed by atoms with Gasteiger partial charge in [-0.2, -0.15) is 13.2 Å². The molecule has 20 heavy (non-hydrogen) atoms. The lowest BCUT2D eigenvalue weighted by Gasteiger charge is -2.26. The maximum atomic E-state index is 12.5. The van der Waals surface area contributed by atoms with Crippen LogP contribution in [0.4, 0.5) is 13.2 Å². The number of aromatic carboxylic acids is 1. The molecular formula is C12H13F3N2O3. The number of rotatable bonds is 4. The second kappa shape index (κ2) is 5.49. The van der Waals surface area contributed by atoms with Crippen LogP contribution >= 0.6 is 0 Å². The summed E-state index contributed by atoms with van der Waals surface area (Å²) in [6, 6.07) is 5.36. The van der Waals surface area contributed by atoms with E-state index in [2.05, 4.69) is 5.32 Å². The van der Waals surface area contributed by atoms with Crippen LogP contribution in [-0.2, 0) is 11.3 Å². The minimum atomic E-state index is -4.86. The highest BCUT2D eigenvalue weighted by Crippen LogP contribution is 2.27. The standard InChI is InChI=1S/C12H13F3N2O3/c1-11(16,12(13,14)15)10(20)17-6-7-2-4-8(5-3-7)9(18)19/h2-5H,6,16H2,1H3,(H,17,20)(H,18,19). The van der Waals surface area contributed by atoms with E-state index < -0.39 is 23.6 Å². The van der Waals surface area contributed by atoms with Gasteiger partial charge in [-0.25, -0.2) is 4.79 Å². The maximum absolute atomic E-state index is 12.5. The van der Waals surface area contributed by atoms with Crippen molar-refractivity contribution >= 4 is 11.9 Å². The van der Waals surface area contributed by atoms with Crippen molar-refractivity contribution in [3.05, 3.63) is 35.4 Å². The summed E-state index contributed by atoms with van der Waals surface area (Å²) >= 11 is 0. The quantitative estimate of drug-likeness (QED) is 0.779. The van der Waals surface area contributed by atoms with Gasteiger partial charge >= 0.3 is 12.1 Å². The van der Waals surface area contributed by atoms with Crippen molar-refractivity contribution in [3.63, 3.8) is 0 Å². The Morgan fingerprint density at radius 2 is 1.75 bits per heavy atom. The average Bonchev–Trinajstić information content (AvgIpc) is 2.34. The maximum Gasteiger partial charge on any atom is 0.415 e. The highest BCUT2D eigenvalue weighted by molar-refractivity contribution is 5.88. The molecule has 0 aliphatic rings. The smallest absolute Gasteiger partial charge is 0.415 e. The molecule has 0 radical (unpaired) electrons. The molecule has 0 aromatic heterocycles. The number of hydrogen-bond acceptors (Lipinski definition) is 3. The molecule has 1 atom stereocenters. The van der Waals surface area contributed by atoms with Crippen molar-refractivity contribution < 1.29 is 27.9 Å². The van der Waals surface area contributed by atoms with E-state index in [0.29, 0.717) is 12.5 Å². The predicted molar refractivity (Wildman–Crippen MR) is 63.9 cm³/mol. The highest BCUT2D eigenvalue weighted by Gasteiger charge is 2.53. The number of carbonyl (C=O) groups is 2. The van der Waals surface area contributed by atoms with Gasteiger partial charge in [-0.3, -0.25) is 4.79 Å². The molecule has 1 unspecified atom stereocenters. The van der Waals surface area contributed by atoms with Gasteiger partial charge in [0.05, 0.1) is 5.56 Å². The molecule has 1 rings (SSSR count). The molecule has 0 bridgehead atoms. The van der Waals surface area contributed by atoms with E-state index in [-0.39, 0.29) is 12.1 Å². The van der Waals surface area contributed by atoms with E-state index in [1.807, 2.05) is 0 Å². The summed E-state index contributed by atoms with van der Waals surface area (Å²) in [4.78, 5) is 22.0. The van der Waals surface area contributed by atoms with Crippen molar-refractivity contribution in [1.82, 2.24) is 5.32 Å². The Balaban J connectivity index is 2.68. The Hall–Kier alpha value is -2.09. The Kier molecular flexibility index (Phi) is 4.39. The Morgan fingerprint density at radius 1 is 1.25 bits per heavy atom. The van der Waals surface area contributed by atoms with E-state index in [1.165, 1.54) is 24.3 Å². The highest BCUT2D eigenvalue weighted by atomic mass is 19.4. The summed E-state index contributed by atoms with van der Waals surface area (Å²) in [6.45, 7) is 0.400. The lowest BCUT2D eigenvalue weighted by Crippen LogP contribution is -2.61. The Labute approximate surface area is 112 Å². The number of carbonyl (C=O) groups excluding carboxylic acids is 1. The van der Waals surface area contributed by atoms with Gasteiger partial charge in [-0.1, -0.05) is 12.1 Å². The van der Waals surface area contributed by atoms with Crippen LogP contribution in [0.15, 0.2) is 24.3 Å². The first kappa shape index (κ1) is 16.0. The SMILES string of the molecule is CC(N)(C(=O)NCc1ccc(C(=O)O)cc1)C(F)(F)F. The molecule has 1 aromatic carbocycles. The Morgan fingerprint density at radius 3 is 2.15 bits per heavy atom. The normalized spacial score (nSPS) is 14.4. The van der Waals surface area contributed by atoms with Gasteiger partial charge in [0.2, 0.25) is 5.91 Å². The van der Waals surface area contributed by atoms with E-state index in [9.17, 15) is 22.8 Å². The molecule has 5 nitrogen and oxygen atoms in total. The van der Waals surface area contributed by atoms with Crippen molar-refractivity contribution in [2.75, 3.05) is 0 Å². The summed E-state index contributed by atoms with van der Waals surface area (Å²) < 4.78 is 37.5. The summed E-state index contributed by atoms with van der Waals surface area (Å²) in [6.07, 6.45) is -4.86. The van der Waals surface area contributed by atoms with Crippen LogP contribution in [0.25, 0.3) is 0 Å². The summed E-state index contributed by atoms with van der Waals surface area (Å²) in [5, 5.41) is 10.7. The third kappa shape index (κ3) is 3.47. The number of alkyl halides is 3. The van der Waals surface area contributed by atoms with Crippen molar-refractivity contribution in [2.45, 2.75) is 25.2 Å². The minimum Gasteiger partial charge on any atom is -0.478 e. The lowest BCUT2D eigenvalue weighted by atomic mass is 10.0. The predicted octanol–water partition coefficient (Wildman–Crippen LogP) is 1.28. The van der Waals surface area contributed by atoms with Crippen LogP contribution < -0.4 is 11.1 Å². The third-order valence-electron chi connectivity index (χ3n) is 2.71. The number of nitrogens with two attached hydrogens (primary N) is 1. The number of nitrogens with one attached hydrogen (secondary N) is 1. The van der Waals surface area contributed by atoms with Crippen LogP contribution in [0.5, 0.6) is 0 Å². The number of carboxylic acids is 1. The average molecular weight is 290 g/mol. The molecule has 0 saturated carbocycles. The van der Waals surface area contributed by atoms with Crippen LogP contribution in [-0.4, -0.2) is 28.7 Å². The molecule has 0 fully saturated rings. The monoisotopic (exact) mass is 290 g/mol. The minimum absolute atomic E-state index is 0.0408. The van der Waals surface area contributed by atoms with Crippen LogP contribution in [0.3, 0.4) is 0 Å². The number of benzene rings is 1. The summed E-state index contributed by atoms with van der Waals surface area (Å²) in [5.74, 6) is -2.47. The first-order valence-electron chi connectivity index (χ1n) is 5.52. The first-order valence-corrected chi connectivity index (χ1v) is 5.52. The molecular weight excluding hydrogens is 277 g/mol. The zero-order valence-electron chi connectivity index (χ0n) is 10.5. The number of hydrogen-bond donors (Lipinski definition) is 3. The lowest BCUT2D eigenvalue weighted by molar-refractivity contribution is -0.187. The van der Waals surface area contributed by atoms with Gasteiger partial charge in [0.25, 0.3) is 0 Å². The fourth-order valence-corrected chi connectivity index (χ4v) is 1.26. The third-order valence-corrected chi connectivity index (χ3v) is 2.71. The molecule has 0 heterocycles. The molecule has 0 spiro atoms. The molecule has 1 amide bonds. The molecule has 8 heteroatoms. The van der Waals surface area contributed by atoms with Gasteiger partial charge in [0, 0.05) is 6.54 Å². The van der Waals surface area contributed by atoms with Crippen LogP contribution in [0.1, 0.15) is 22.8 Å². The summed E-state index contributed by atoms with van der Waals surface area (Å²) in [7, 11) is 0. The second-order valence-corrected chi connectivity index (χ2v) is 4.38. The second-order valence-electron chi connectivity index (χ2n) is 4.38. The molecule has 0 aliphatic heterocycles. The van der Waals surface area contributed by atoms with Crippen molar-refractivity contribution in [3.8, 4) is 0 Å². The van der Waals surface area contributed by atoms with Gasteiger partial charge in [0.15, 0.2) is 5.54 Å². The fourth-order valence-electron chi connectivity index (χ4n) is 1.26. The summed E-state index contributed by atoms with van der Waals surface area (Å²) in [5.41, 5.74) is 2.47. The van der Waals surface area contributed by atoms with Gasteiger partial charge < -0.3 is 16.2 Å². The van der Waals surface area contributed by atoms with Gasteiger partial charge in [0.1, 0.15) is 0 Å². The molecule has 0 aliphatic carbocycles. The van der Waals surface area contributed by atoms with Crippen LogP contribution in [0.2, 0.25) is 0 Å². The zero-order valence-corrected chi connectivity index (χ0v) is 10.5. The van der Waals surface area contributed by atoms with Crippen LogP contribution in [0, 0.1) is 0 Å². The fraction of sp³-hybridized carbons (Fsp3) is 0.333. The van der Waals surface area contributed by atoms with Gasteiger partial charge in [-0.15, -0.1) is 0 Å². The molecule has 4 N–H and O–H groups in total.